The van der Waals surface area contributed by atoms with Gasteiger partial charge in [0.15, 0.2) is 0 Å². The Kier molecular flexibility index (Phi) is 2.43. The van der Waals surface area contributed by atoms with Gasteiger partial charge in [-0.25, -0.2) is 0 Å². The minimum Gasteiger partial charge on any atom is -0.305 e. The number of nitrogens with one attached hydrogen (secondary N) is 1. The Morgan fingerprint density at radius 1 is 1.62 bits per heavy atom. The highest BCUT2D eigenvalue weighted by Gasteiger charge is 2.35. The van der Waals surface area contributed by atoms with Crippen LogP contribution in [0, 0.1) is 0 Å². The van der Waals surface area contributed by atoms with Gasteiger partial charge in [0.2, 0.25) is 0 Å². The minimum atomic E-state index is 0.577. The zero-order chi connectivity index (χ0) is 9.42. The molecule has 2 aliphatic heterocycles. The van der Waals surface area contributed by atoms with Crippen molar-refractivity contribution in [2.75, 3.05) is 13.1 Å². The van der Waals surface area contributed by atoms with E-state index in [0.717, 1.165) is 6.04 Å². The molecular weight excluding hydrogens is 160 g/mol. The van der Waals surface area contributed by atoms with Crippen molar-refractivity contribution in [3.63, 3.8) is 0 Å². The van der Waals surface area contributed by atoms with Gasteiger partial charge in [0, 0.05) is 31.2 Å². The summed E-state index contributed by atoms with van der Waals surface area (Å²) in [5.41, 5.74) is 1.41. The van der Waals surface area contributed by atoms with Crippen molar-refractivity contribution in [2.24, 2.45) is 0 Å². The minimum absolute atomic E-state index is 0.577. The quantitative estimate of drug-likeness (QED) is 0.646. The van der Waals surface area contributed by atoms with Gasteiger partial charge >= 0.3 is 0 Å². The summed E-state index contributed by atoms with van der Waals surface area (Å²) in [5.74, 6) is 0. The molecule has 2 rings (SSSR count). The van der Waals surface area contributed by atoms with E-state index >= 15 is 0 Å². The number of hydrogen-bond acceptors (Lipinski definition) is 2. The normalized spacial score (nSPS) is 36.6. The second-order valence-corrected chi connectivity index (χ2v) is 4.49. The Balaban J connectivity index is 2.01. The average molecular weight is 180 g/mol. The number of likely N-dealkylation sites (tertiary alicyclic amines) is 1. The first-order chi connectivity index (χ1) is 6.20. The van der Waals surface area contributed by atoms with E-state index in [1.807, 2.05) is 0 Å². The SMILES string of the molecule is C=C1CC2CN(C(C)CC)CC1N2. The van der Waals surface area contributed by atoms with Gasteiger partial charge in [-0.1, -0.05) is 19.1 Å². The number of fused-ring (bicyclic) bond motifs is 2. The van der Waals surface area contributed by atoms with Crippen LogP contribution in [0.3, 0.4) is 0 Å². The van der Waals surface area contributed by atoms with E-state index < -0.39 is 0 Å². The summed E-state index contributed by atoms with van der Waals surface area (Å²) in [4.78, 5) is 2.60. The van der Waals surface area contributed by atoms with Gasteiger partial charge in [-0.05, 0) is 19.8 Å². The third-order valence-electron chi connectivity index (χ3n) is 3.52. The molecule has 3 atom stereocenters. The number of piperazine rings is 1. The van der Waals surface area contributed by atoms with Crippen LogP contribution in [0.2, 0.25) is 0 Å². The first-order valence-corrected chi connectivity index (χ1v) is 5.38. The molecule has 0 aromatic heterocycles. The molecule has 0 aliphatic carbocycles. The van der Waals surface area contributed by atoms with Crippen molar-refractivity contribution in [2.45, 2.75) is 44.8 Å². The Morgan fingerprint density at radius 3 is 3.00 bits per heavy atom. The second-order valence-electron chi connectivity index (χ2n) is 4.49. The summed E-state index contributed by atoms with van der Waals surface area (Å²) in [6, 6.07) is 1.99. The fraction of sp³-hybridized carbons (Fsp3) is 0.818. The summed E-state index contributed by atoms with van der Waals surface area (Å²) in [6.45, 7) is 11.1. The molecule has 2 heteroatoms. The Morgan fingerprint density at radius 2 is 2.38 bits per heavy atom. The maximum absolute atomic E-state index is 4.13. The van der Waals surface area contributed by atoms with Crippen LogP contribution < -0.4 is 5.32 Å². The molecule has 0 spiro atoms. The largest absolute Gasteiger partial charge is 0.305 e. The molecular formula is C11H20N2. The van der Waals surface area contributed by atoms with E-state index in [2.05, 4.69) is 30.6 Å². The molecule has 2 nitrogen and oxygen atoms in total. The standard InChI is InChI=1S/C11H20N2/c1-4-9(3)13-6-10-5-8(2)11(7-13)12-10/h9-12H,2,4-7H2,1,3H3. The smallest absolute Gasteiger partial charge is 0.0409 e. The van der Waals surface area contributed by atoms with Crippen LogP contribution in [-0.2, 0) is 0 Å². The zero-order valence-corrected chi connectivity index (χ0v) is 8.71. The van der Waals surface area contributed by atoms with E-state index in [4.69, 9.17) is 0 Å². The van der Waals surface area contributed by atoms with Gasteiger partial charge in [0.25, 0.3) is 0 Å². The van der Waals surface area contributed by atoms with E-state index in [1.165, 1.54) is 31.5 Å². The van der Waals surface area contributed by atoms with Crippen LogP contribution in [0.5, 0.6) is 0 Å². The van der Waals surface area contributed by atoms with Gasteiger partial charge in [-0.2, -0.15) is 0 Å². The molecule has 2 bridgehead atoms. The lowest BCUT2D eigenvalue weighted by molar-refractivity contribution is 0.149. The van der Waals surface area contributed by atoms with E-state index in [9.17, 15) is 0 Å². The molecule has 2 fully saturated rings. The van der Waals surface area contributed by atoms with Crippen LogP contribution in [0.15, 0.2) is 12.2 Å². The van der Waals surface area contributed by atoms with Gasteiger partial charge in [-0.15, -0.1) is 0 Å². The van der Waals surface area contributed by atoms with Crippen molar-refractivity contribution in [3.05, 3.63) is 12.2 Å². The molecule has 2 heterocycles. The van der Waals surface area contributed by atoms with Crippen molar-refractivity contribution in [3.8, 4) is 0 Å². The van der Waals surface area contributed by atoms with E-state index in [1.54, 1.807) is 0 Å². The topological polar surface area (TPSA) is 15.3 Å². The first-order valence-electron chi connectivity index (χ1n) is 5.38. The van der Waals surface area contributed by atoms with Gasteiger partial charge in [0.1, 0.15) is 0 Å². The molecule has 0 aromatic carbocycles. The molecule has 2 saturated heterocycles. The van der Waals surface area contributed by atoms with Crippen LogP contribution >= 0.6 is 0 Å². The highest BCUT2D eigenvalue weighted by atomic mass is 15.2. The molecule has 74 valence electrons. The van der Waals surface area contributed by atoms with Gasteiger partial charge < -0.3 is 5.32 Å². The fourth-order valence-electron chi connectivity index (χ4n) is 2.43. The Labute approximate surface area is 81.0 Å². The van der Waals surface area contributed by atoms with E-state index in [0.29, 0.717) is 12.1 Å². The number of hydrogen-bond donors (Lipinski definition) is 1. The molecule has 0 amide bonds. The predicted octanol–water partition coefficient (Wildman–Crippen LogP) is 1.39. The molecule has 2 aliphatic rings. The van der Waals surface area contributed by atoms with Crippen molar-refractivity contribution in [1.29, 1.82) is 0 Å². The summed E-state index contributed by atoms with van der Waals surface area (Å²) < 4.78 is 0. The second kappa shape index (κ2) is 3.43. The third-order valence-corrected chi connectivity index (χ3v) is 3.52. The predicted molar refractivity (Wildman–Crippen MR) is 55.8 cm³/mol. The monoisotopic (exact) mass is 180 g/mol. The van der Waals surface area contributed by atoms with Crippen LogP contribution in [0.25, 0.3) is 0 Å². The highest BCUT2D eigenvalue weighted by Crippen LogP contribution is 2.25. The third kappa shape index (κ3) is 1.65. The van der Waals surface area contributed by atoms with Gasteiger partial charge in [-0.3, -0.25) is 4.90 Å². The lowest BCUT2D eigenvalue weighted by atomic mass is 10.1. The summed E-state index contributed by atoms with van der Waals surface area (Å²) in [7, 11) is 0. The molecule has 1 N–H and O–H groups in total. The van der Waals surface area contributed by atoms with E-state index in [-0.39, 0.29) is 0 Å². The van der Waals surface area contributed by atoms with Crippen molar-refractivity contribution in [1.82, 2.24) is 10.2 Å². The Hall–Kier alpha value is -0.340. The number of rotatable bonds is 2. The zero-order valence-electron chi connectivity index (χ0n) is 8.71. The van der Waals surface area contributed by atoms with Crippen molar-refractivity contribution >= 4 is 0 Å². The van der Waals surface area contributed by atoms with Crippen LogP contribution in [0.4, 0.5) is 0 Å². The number of nitrogens with zero attached hydrogens (tertiary/aromatic N) is 1. The summed E-state index contributed by atoms with van der Waals surface area (Å²) in [5, 5.41) is 3.61. The molecule has 0 saturated carbocycles. The molecule has 3 unspecified atom stereocenters. The highest BCUT2D eigenvalue weighted by molar-refractivity contribution is 5.18. The maximum atomic E-state index is 4.13. The fourth-order valence-corrected chi connectivity index (χ4v) is 2.43. The maximum Gasteiger partial charge on any atom is 0.0409 e. The average Bonchev–Trinajstić information content (AvgIpc) is 2.39. The molecule has 0 aromatic rings. The molecule has 13 heavy (non-hydrogen) atoms. The van der Waals surface area contributed by atoms with Crippen LogP contribution in [0.1, 0.15) is 26.7 Å². The van der Waals surface area contributed by atoms with Crippen molar-refractivity contribution < 1.29 is 0 Å². The summed E-state index contributed by atoms with van der Waals surface area (Å²) in [6.07, 6.45) is 2.45. The summed E-state index contributed by atoms with van der Waals surface area (Å²) >= 11 is 0. The first kappa shape index (κ1) is 9.22. The Bertz CT molecular complexity index is 212. The lowest BCUT2D eigenvalue weighted by Crippen LogP contribution is -2.53. The van der Waals surface area contributed by atoms with Gasteiger partial charge in [0.05, 0.1) is 0 Å². The van der Waals surface area contributed by atoms with Crippen LogP contribution in [-0.4, -0.2) is 36.1 Å². The molecule has 0 radical (unpaired) electrons. The lowest BCUT2D eigenvalue weighted by Gasteiger charge is -2.36.